The van der Waals surface area contributed by atoms with E-state index in [0.29, 0.717) is 0 Å². The van der Waals surface area contributed by atoms with Crippen LogP contribution in [0.3, 0.4) is 0 Å². The molecule has 2 heteroatoms. The van der Waals surface area contributed by atoms with Gasteiger partial charge in [-0.1, -0.05) is 0 Å². The summed E-state index contributed by atoms with van der Waals surface area (Å²) in [5.74, 6) is 0. The third-order valence-electron chi connectivity index (χ3n) is 4.26. The molecule has 0 spiro atoms. The van der Waals surface area contributed by atoms with Crippen molar-refractivity contribution in [1.29, 1.82) is 0 Å². The molecular formula is C16H20N2. The zero-order valence-corrected chi connectivity index (χ0v) is 12.1. The third-order valence-corrected chi connectivity index (χ3v) is 4.26. The van der Waals surface area contributed by atoms with E-state index in [0.717, 1.165) is 23.4 Å². The quantitative estimate of drug-likeness (QED) is 0.636. The standard InChI is InChI=1S/C16H20N2/c1-8-18-13(6)11(4)14-12(5)15(17-7)9(2)10(3)16(14)18/h8H2,1-6H3. The summed E-state index contributed by atoms with van der Waals surface area (Å²) in [6.45, 7) is 21.2. The molecule has 1 aromatic heterocycles. The van der Waals surface area contributed by atoms with Gasteiger partial charge in [0.1, 0.15) is 0 Å². The molecule has 0 aliphatic carbocycles. The molecule has 0 unspecified atom stereocenters. The monoisotopic (exact) mass is 240 g/mol. The number of nitrogens with zero attached hydrogens (tertiary/aromatic N) is 2. The molecule has 0 saturated carbocycles. The summed E-state index contributed by atoms with van der Waals surface area (Å²) in [6.07, 6.45) is 0. The van der Waals surface area contributed by atoms with E-state index in [1.54, 1.807) is 0 Å². The number of rotatable bonds is 1. The van der Waals surface area contributed by atoms with Gasteiger partial charge in [-0.05, 0) is 69.2 Å². The fourth-order valence-electron chi connectivity index (χ4n) is 3.03. The van der Waals surface area contributed by atoms with E-state index in [2.05, 4.69) is 51.0 Å². The zero-order valence-electron chi connectivity index (χ0n) is 12.1. The largest absolute Gasteiger partial charge is 0.345 e. The third kappa shape index (κ3) is 1.40. The number of benzene rings is 1. The highest BCUT2D eigenvalue weighted by molar-refractivity contribution is 5.96. The minimum absolute atomic E-state index is 0.830. The van der Waals surface area contributed by atoms with Crippen LogP contribution in [0.4, 0.5) is 5.69 Å². The van der Waals surface area contributed by atoms with Gasteiger partial charge in [0.15, 0.2) is 5.69 Å². The van der Waals surface area contributed by atoms with E-state index >= 15 is 0 Å². The van der Waals surface area contributed by atoms with E-state index in [1.807, 2.05) is 0 Å². The summed E-state index contributed by atoms with van der Waals surface area (Å²) in [6, 6.07) is 0. The van der Waals surface area contributed by atoms with Crippen LogP contribution in [-0.2, 0) is 6.54 Å². The van der Waals surface area contributed by atoms with E-state index in [1.165, 1.54) is 27.7 Å². The lowest BCUT2D eigenvalue weighted by Crippen LogP contribution is -1.99. The summed E-state index contributed by atoms with van der Waals surface area (Å²) in [5, 5.41) is 1.28. The second-order valence-electron chi connectivity index (χ2n) is 5.01. The van der Waals surface area contributed by atoms with Crippen molar-refractivity contribution in [2.45, 2.75) is 48.1 Å². The number of hydrogen-bond donors (Lipinski definition) is 0. The molecule has 2 aromatic rings. The molecule has 0 radical (unpaired) electrons. The van der Waals surface area contributed by atoms with Crippen LogP contribution in [0.1, 0.15) is 34.9 Å². The molecule has 2 rings (SSSR count). The average Bonchev–Trinajstić information content (AvgIpc) is 2.60. The van der Waals surface area contributed by atoms with Crippen LogP contribution in [0.25, 0.3) is 15.7 Å². The van der Waals surface area contributed by atoms with Crippen LogP contribution in [0.15, 0.2) is 0 Å². The van der Waals surface area contributed by atoms with E-state index < -0.39 is 0 Å². The lowest BCUT2D eigenvalue weighted by molar-refractivity contribution is 0.764. The molecule has 2 nitrogen and oxygen atoms in total. The van der Waals surface area contributed by atoms with Gasteiger partial charge in [0.2, 0.25) is 0 Å². The summed E-state index contributed by atoms with van der Waals surface area (Å²) in [4.78, 5) is 3.73. The second kappa shape index (κ2) is 4.17. The van der Waals surface area contributed by atoms with Crippen LogP contribution >= 0.6 is 0 Å². The molecule has 94 valence electrons. The Kier molecular flexibility index (Phi) is 2.94. The van der Waals surface area contributed by atoms with E-state index in [4.69, 9.17) is 6.57 Å². The van der Waals surface area contributed by atoms with Crippen molar-refractivity contribution >= 4 is 16.6 Å². The Hall–Kier alpha value is -1.75. The molecule has 1 heterocycles. The Labute approximate surface area is 109 Å². The molecule has 0 aliphatic heterocycles. The highest BCUT2D eigenvalue weighted by Gasteiger charge is 2.19. The molecule has 0 aliphatic rings. The van der Waals surface area contributed by atoms with Crippen molar-refractivity contribution in [1.82, 2.24) is 4.57 Å². The van der Waals surface area contributed by atoms with Gasteiger partial charge < -0.3 is 4.57 Å². The number of aromatic nitrogens is 1. The van der Waals surface area contributed by atoms with Crippen LogP contribution in [-0.4, -0.2) is 4.57 Å². The molecule has 0 amide bonds. The normalized spacial score (nSPS) is 10.9. The van der Waals surface area contributed by atoms with Crippen molar-refractivity contribution in [3.05, 3.63) is 39.4 Å². The van der Waals surface area contributed by atoms with Crippen molar-refractivity contribution in [3.8, 4) is 0 Å². The number of aryl methyl sites for hydroxylation is 4. The predicted molar refractivity (Wildman–Crippen MR) is 77.6 cm³/mol. The van der Waals surface area contributed by atoms with Crippen LogP contribution in [0, 0.1) is 41.2 Å². The van der Waals surface area contributed by atoms with Crippen molar-refractivity contribution in [2.24, 2.45) is 0 Å². The zero-order chi connectivity index (χ0) is 13.6. The highest BCUT2D eigenvalue weighted by Crippen LogP contribution is 2.38. The van der Waals surface area contributed by atoms with Gasteiger partial charge in [-0.15, -0.1) is 0 Å². The minimum atomic E-state index is 0.830. The Morgan fingerprint density at radius 3 is 2.06 bits per heavy atom. The Bertz CT molecular complexity index is 682. The van der Waals surface area contributed by atoms with Crippen LogP contribution in [0.2, 0.25) is 0 Å². The highest BCUT2D eigenvalue weighted by atomic mass is 15.0. The molecule has 0 bridgehead atoms. The molecule has 0 atom stereocenters. The fourth-order valence-corrected chi connectivity index (χ4v) is 3.03. The topological polar surface area (TPSA) is 9.29 Å². The predicted octanol–water partition coefficient (Wildman–Crippen LogP) is 4.75. The SMILES string of the molecule is [C-]#[N+]c1c(C)c(C)c2c(c1C)c(C)c(C)n2CC. The van der Waals surface area contributed by atoms with Gasteiger partial charge in [0.25, 0.3) is 0 Å². The fraction of sp³-hybridized carbons (Fsp3) is 0.438. The first-order valence-corrected chi connectivity index (χ1v) is 6.42. The molecule has 0 saturated heterocycles. The smallest absolute Gasteiger partial charge is 0.194 e. The van der Waals surface area contributed by atoms with Gasteiger partial charge in [0, 0.05) is 17.8 Å². The van der Waals surface area contributed by atoms with E-state index in [-0.39, 0.29) is 0 Å². The van der Waals surface area contributed by atoms with Crippen molar-refractivity contribution in [2.75, 3.05) is 0 Å². The second-order valence-corrected chi connectivity index (χ2v) is 5.01. The Morgan fingerprint density at radius 2 is 1.56 bits per heavy atom. The number of hydrogen-bond acceptors (Lipinski definition) is 0. The van der Waals surface area contributed by atoms with Crippen LogP contribution in [0.5, 0.6) is 0 Å². The first-order chi connectivity index (χ1) is 8.45. The van der Waals surface area contributed by atoms with Gasteiger partial charge in [-0.25, -0.2) is 4.85 Å². The first-order valence-electron chi connectivity index (χ1n) is 6.42. The van der Waals surface area contributed by atoms with E-state index in [9.17, 15) is 0 Å². The average molecular weight is 240 g/mol. The first kappa shape index (κ1) is 12.7. The van der Waals surface area contributed by atoms with Crippen molar-refractivity contribution < 1.29 is 0 Å². The summed E-state index contributed by atoms with van der Waals surface area (Å²) < 4.78 is 2.37. The maximum absolute atomic E-state index is 7.39. The lowest BCUT2D eigenvalue weighted by atomic mass is 9.97. The molecule has 1 aromatic carbocycles. The van der Waals surface area contributed by atoms with Gasteiger partial charge in [-0.3, -0.25) is 0 Å². The molecule has 0 fully saturated rings. The minimum Gasteiger partial charge on any atom is -0.345 e. The lowest BCUT2D eigenvalue weighted by Gasteiger charge is -2.12. The maximum Gasteiger partial charge on any atom is 0.194 e. The summed E-state index contributed by atoms with van der Waals surface area (Å²) in [7, 11) is 0. The van der Waals surface area contributed by atoms with Gasteiger partial charge in [-0.2, -0.15) is 0 Å². The Morgan fingerprint density at radius 1 is 0.944 bits per heavy atom. The molecule has 18 heavy (non-hydrogen) atoms. The van der Waals surface area contributed by atoms with Gasteiger partial charge >= 0.3 is 0 Å². The summed E-state index contributed by atoms with van der Waals surface area (Å²) >= 11 is 0. The summed E-state index contributed by atoms with van der Waals surface area (Å²) in [5.41, 5.74) is 8.29. The van der Waals surface area contributed by atoms with Crippen LogP contribution < -0.4 is 0 Å². The molecular weight excluding hydrogens is 220 g/mol. The number of fused-ring (bicyclic) bond motifs is 1. The molecule has 0 N–H and O–H groups in total. The van der Waals surface area contributed by atoms with Crippen molar-refractivity contribution in [3.63, 3.8) is 0 Å². The Balaban J connectivity index is 3.14. The van der Waals surface area contributed by atoms with Gasteiger partial charge in [0.05, 0.1) is 6.57 Å². The maximum atomic E-state index is 7.39.